The molecule has 1 aromatic heterocycles. The number of nitrogens with one attached hydrogen (secondary N) is 1. The molecule has 0 aliphatic carbocycles. The van der Waals surface area contributed by atoms with Gasteiger partial charge in [0.2, 0.25) is 0 Å². The van der Waals surface area contributed by atoms with E-state index in [1.165, 1.54) is 18.2 Å². The number of non-ortho nitro benzene ring substituents is 1. The molecule has 0 bridgehead atoms. The number of aromatic nitrogens is 2. The highest BCUT2D eigenvalue weighted by molar-refractivity contribution is 6.17. The number of hydrogen-bond donors (Lipinski definition) is 3. The summed E-state index contributed by atoms with van der Waals surface area (Å²) in [4.78, 5) is 10.2. The predicted molar refractivity (Wildman–Crippen MR) is 69.1 cm³/mol. The molecule has 3 N–H and O–H groups in total. The fourth-order valence-corrected chi connectivity index (χ4v) is 2.04. The molecule has 0 fully saturated rings. The van der Waals surface area contributed by atoms with Crippen molar-refractivity contribution in [3.05, 3.63) is 34.0 Å². The van der Waals surface area contributed by atoms with E-state index in [0.717, 1.165) is 0 Å². The average molecular weight is 286 g/mol. The molecule has 1 heterocycles. The number of rotatable bonds is 5. The van der Waals surface area contributed by atoms with Crippen molar-refractivity contribution in [2.75, 3.05) is 5.88 Å². The molecule has 0 aliphatic rings. The molecule has 0 saturated heterocycles. The molecule has 7 nitrogen and oxygen atoms in total. The molecule has 2 rings (SSSR count). The van der Waals surface area contributed by atoms with E-state index in [2.05, 4.69) is 10.2 Å². The van der Waals surface area contributed by atoms with Gasteiger partial charge >= 0.3 is 0 Å². The zero-order chi connectivity index (χ0) is 14.0. The lowest BCUT2D eigenvalue weighted by molar-refractivity contribution is -0.384. The Bertz CT molecular complexity index is 601. The van der Waals surface area contributed by atoms with E-state index in [9.17, 15) is 20.3 Å². The average Bonchev–Trinajstić information content (AvgIpc) is 2.80. The van der Waals surface area contributed by atoms with Crippen LogP contribution >= 0.6 is 11.6 Å². The first kappa shape index (κ1) is 13.7. The third-order valence-electron chi connectivity index (χ3n) is 2.84. The van der Waals surface area contributed by atoms with Crippen LogP contribution in [0, 0.1) is 10.1 Å². The summed E-state index contributed by atoms with van der Waals surface area (Å²) < 4.78 is 0. The first-order chi connectivity index (χ1) is 9.04. The van der Waals surface area contributed by atoms with Gasteiger partial charge in [0.25, 0.3) is 5.69 Å². The van der Waals surface area contributed by atoms with Crippen LogP contribution in [0.2, 0.25) is 0 Å². The Morgan fingerprint density at radius 1 is 1.47 bits per heavy atom. The summed E-state index contributed by atoms with van der Waals surface area (Å²) in [6.07, 6.45) is -2.07. The minimum Gasteiger partial charge on any atom is -0.390 e. The topological polar surface area (TPSA) is 112 Å². The van der Waals surface area contributed by atoms with Gasteiger partial charge < -0.3 is 10.2 Å². The monoisotopic (exact) mass is 285 g/mol. The molecule has 0 aliphatic heterocycles. The summed E-state index contributed by atoms with van der Waals surface area (Å²) in [7, 11) is 0. The Hall–Kier alpha value is -1.70. The Kier molecular flexibility index (Phi) is 3.98. The summed E-state index contributed by atoms with van der Waals surface area (Å²) in [6.45, 7) is 0. The van der Waals surface area contributed by atoms with Crippen LogP contribution in [0.5, 0.6) is 0 Å². The van der Waals surface area contributed by atoms with Crippen molar-refractivity contribution in [1.29, 1.82) is 0 Å². The number of H-pyrrole nitrogens is 1. The van der Waals surface area contributed by atoms with E-state index in [1.807, 2.05) is 0 Å². The predicted octanol–water partition coefficient (Wildman–Crippen LogP) is 1.49. The van der Waals surface area contributed by atoms with Gasteiger partial charge in [0, 0.05) is 23.4 Å². The summed E-state index contributed by atoms with van der Waals surface area (Å²) in [5, 5.41) is 37.4. The van der Waals surface area contributed by atoms with Crippen LogP contribution in [-0.4, -0.2) is 37.3 Å². The lowest BCUT2D eigenvalue weighted by Crippen LogP contribution is -2.19. The number of aliphatic hydroxyl groups is 2. The van der Waals surface area contributed by atoms with Crippen LogP contribution in [0.25, 0.3) is 10.9 Å². The summed E-state index contributed by atoms with van der Waals surface area (Å²) in [5.74, 6) is 0.199. The number of nitro groups is 1. The number of aromatic amines is 1. The normalized spacial score (nSPS) is 14.5. The molecular formula is C11H12ClN3O4. The lowest BCUT2D eigenvalue weighted by atomic mass is 10.0. The lowest BCUT2D eigenvalue weighted by Gasteiger charge is -2.15. The van der Waals surface area contributed by atoms with Crippen LogP contribution in [0.4, 0.5) is 5.69 Å². The minimum atomic E-state index is -1.22. The molecule has 1 aromatic carbocycles. The second-order valence-electron chi connectivity index (χ2n) is 4.09. The van der Waals surface area contributed by atoms with Crippen LogP contribution < -0.4 is 0 Å². The number of nitro benzene ring substituents is 1. The number of halogens is 1. The maximum atomic E-state index is 10.7. The quantitative estimate of drug-likeness (QED) is 0.438. The van der Waals surface area contributed by atoms with Crippen LogP contribution in [0.3, 0.4) is 0 Å². The molecule has 0 spiro atoms. The van der Waals surface area contributed by atoms with E-state index in [4.69, 9.17) is 11.6 Å². The summed E-state index contributed by atoms with van der Waals surface area (Å²) >= 11 is 5.50. The molecule has 2 atom stereocenters. The van der Waals surface area contributed by atoms with E-state index < -0.39 is 17.1 Å². The van der Waals surface area contributed by atoms with Crippen molar-refractivity contribution in [2.45, 2.75) is 18.6 Å². The minimum absolute atomic E-state index is 0.103. The third kappa shape index (κ3) is 2.67. The molecule has 2 aromatic rings. The van der Waals surface area contributed by atoms with Gasteiger partial charge in [-0.15, -0.1) is 11.6 Å². The number of hydrogen-bond acceptors (Lipinski definition) is 5. The van der Waals surface area contributed by atoms with Gasteiger partial charge in [-0.2, -0.15) is 5.10 Å². The SMILES string of the molecule is O=[N+]([O-])c1ccc2n[nH]c(C(O)C(O)CCCl)c2c1. The first-order valence-electron chi connectivity index (χ1n) is 5.59. The number of aliphatic hydroxyl groups excluding tert-OH is 2. The number of fused-ring (bicyclic) bond motifs is 1. The standard InChI is InChI=1S/C11H12ClN3O4/c12-4-3-9(16)11(17)10-7-5-6(15(18)19)1-2-8(7)13-14-10/h1-2,5,9,11,16-17H,3-4H2,(H,13,14). The highest BCUT2D eigenvalue weighted by Crippen LogP contribution is 2.28. The molecule has 0 saturated carbocycles. The fourth-order valence-electron chi connectivity index (χ4n) is 1.82. The largest absolute Gasteiger partial charge is 0.390 e. The van der Waals surface area contributed by atoms with Crippen molar-refractivity contribution >= 4 is 28.2 Å². The number of benzene rings is 1. The van der Waals surface area contributed by atoms with E-state index in [-0.39, 0.29) is 23.7 Å². The van der Waals surface area contributed by atoms with Crippen molar-refractivity contribution in [3.8, 4) is 0 Å². The molecule has 0 radical (unpaired) electrons. The molecular weight excluding hydrogens is 274 g/mol. The number of alkyl halides is 1. The van der Waals surface area contributed by atoms with Crippen molar-refractivity contribution in [3.63, 3.8) is 0 Å². The summed E-state index contributed by atoms with van der Waals surface area (Å²) in [6, 6.07) is 4.12. The van der Waals surface area contributed by atoms with Gasteiger partial charge in [-0.1, -0.05) is 0 Å². The summed E-state index contributed by atoms with van der Waals surface area (Å²) in [5.41, 5.74) is 0.628. The highest BCUT2D eigenvalue weighted by atomic mass is 35.5. The second-order valence-corrected chi connectivity index (χ2v) is 4.46. The molecule has 2 unspecified atom stereocenters. The van der Waals surface area contributed by atoms with E-state index in [1.54, 1.807) is 0 Å². The second kappa shape index (κ2) is 5.52. The zero-order valence-electron chi connectivity index (χ0n) is 9.78. The van der Waals surface area contributed by atoms with Crippen LogP contribution in [0.1, 0.15) is 18.2 Å². The Morgan fingerprint density at radius 2 is 2.21 bits per heavy atom. The van der Waals surface area contributed by atoms with Gasteiger partial charge in [0.05, 0.1) is 22.2 Å². The molecule has 8 heteroatoms. The van der Waals surface area contributed by atoms with E-state index in [0.29, 0.717) is 10.9 Å². The fraction of sp³-hybridized carbons (Fsp3) is 0.364. The smallest absolute Gasteiger partial charge is 0.270 e. The highest BCUT2D eigenvalue weighted by Gasteiger charge is 2.23. The Balaban J connectivity index is 2.43. The maximum Gasteiger partial charge on any atom is 0.270 e. The van der Waals surface area contributed by atoms with Gasteiger partial charge in [-0.25, -0.2) is 0 Å². The number of nitrogens with zero attached hydrogens (tertiary/aromatic N) is 2. The molecule has 102 valence electrons. The van der Waals surface area contributed by atoms with Crippen molar-refractivity contribution < 1.29 is 15.1 Å². The Labute approximate surface area is 113 Å². The van der Waals surface area contributed by atoms with Crippen molar-refractivity contribution in [2.24, 2.45) is 0 Å². The van der Waals surface area contributed by atoms with Crippen molar-refractivity contribution in [1.82, 2.24) is 10.2 Å². The van der Waals surface area contributed by atoms with Gasteiger partial charge in [0.15, 0.2) is 0 Å². The molecule has 19 heavy (non-hydrogen) atoms. The maximum absolute atomic E-state index is 10.7. The van der Waals surface area contributed by atoms with Crippen LogP contribution in [-0.2, 0) is 0 Å². The zero-order valence-corrected chi connectivity index (χ0v) is 10.5. The van der Waals surface area contributed by atoms with E-state index >= 15 is 0 Å². The Morgan fingerprint density at radius 3 is 2.84 bits per heavy atom. The van der Waals surface area contributed by atoms with Gasteiger partial charge in [-0.05, 0) is 12.5 Å². The third-order valence-corrected chi connectivity index (χ3v) is 3.06. The first-order valence-corrected chi connectivity index (χ1v) is 6.12. The molecule has 0 amide bonds. The van der Waals surface area contributed by atoms with Gasteiger partial charge in [0.1, 0.15) is 6.10 Å². The van der Waals surface area contributed by atoms with Gasteiger partial charge in [-0.3, -0.25) is 15.2 Å². The van der Waals surface area contributed by atoms with Crippen LogP contribution in [0.15, 0.2) is 18.2 Å².